The van der Waals surface area contributed by atoms with E-state index in [2.05, 4.69) is 52.8 Å². The summed E-state index contributed by atoms with van der Waals surface area (Å²) < 4.78 is 12.0. The van der Waals surface area contributed by atoms with Crippen molar-refractivity contribution in [3.8, 4) is 0 Å². The third-order valence-corrected chi connectivity index (χ3v) is 5.40. The van der Waals surface area contributed by atoms with Crippen molar-refractivity contribution in [3.05, 3.63) is 34.9 Å². The predicted molar refractivity (Wildman–Crippen MR) is 85.6 cm³/mol. The summed E-state index contributed by atoms with van der Waals surface area (Å²) in [5.74, 6) is -0.591. The monoisotopic (exact) mass is 288 g/mol. The smallest absolute Gasteiger partial charge is 0.192 e. The lowest BCUT2D eigenvalue weighted by molar-refractivity contribution is -0.159. The summed E-state index contributed by atoms with van der Waals surface area (Å²) in [5, 5.41) is 0. The molecule has 0 N–H and O–H groups in total. The summed E-state index contributed by atoms with van der Waals surface area (Å²) in [6.45, 7) is 14.2. The van der Waals surface area contributed by atoms with Crippen molar-refractivity contribution in [2.45, 2.75) is 77.1 Å². The second-order valence-corrected chi connectivity index (χ2v) is 8.21. The zero-order valence-corrected chi connectivity index (χ0v) is 14.2. The van der Waals surface area contributed by atoms with Crippen LogP contribution in [0.25, 0.3) is 0 Å². The van der Waals surface area contributed by atoms with Gasteiger partial charge in [0.25, 0.3) is 0 Å². The molecule has 1 fully saturated rings. The molecule has 0 radical (unpaired) electrons. The molecule has 1 heterocycles. The van der Waals surface area contributed by atoms with Gasteiger partial charge >= 0.3 is 0 Å². The van der Waals surface area contributed by atoms with E-state index in [4.69, 9.17) is 9.47 Å². The Balaban J connectivity index is 2.08. The van der Waals surface area contributed by atoms with Crippen LogP contribution in [0.2, 0.25) is 0 Å². The van der Waals surface area contributed by atoms with E-state index in [1.54, 1.807) is 0 Å². The molecule has 3 rings (SSSR count). The van der Waals surface area contributed by atoms with Crippen LogP contribution in [-0.4, -0.2) is 12.7 Å². The third-order valence-electron chi connectivity index (χ3n) is 5.40. The summed E-state index contributed by atoms with van der Waals surface area (Å²) in [6, 6.07) is 6.82. The van der Waals surface area contributed by atoms with Crippen LogP contribution in [0.15, 0.2) is 18.2 Å². The zero-order chi connectivity index (χ0) is 15.5. The molecule has 2 heteroatoms. The Morgan fingerprint density at radius 3 is 2.14 bits per heavy atom. The standard InChI is InChI=1S/C19H28O2/c1-13-12-20-19(6,21-13)14-7-8-15-16(11-14)18(4,5)10-9-17(15,2)3/h7-8,11,13H,9-10,12H2,1-6H3/t13-,19?/m0/s1. The summed E-state index contributed by atoms with van der Waals surface area (Å²) in [4.78, 5) is 0. The molecule has 0 saturated carbocycles. The molecule has 2 aliphatic rings. The van der Waals surface area contributed by atoms with E-state index >= 15 is 0 Å². The molecule has 2 nitrogen and oxygen atoms in total. The van der Waals surface area contributed by atoms with Crippen LogP contribution in [0.5, 0.6) is 0 Å². The minimum absolute atomic E-state index is 0.162. The largest absolute Gasteiger partial charge is 0.343 e. The molecule has 1 unspecified atom stereocenters. The number of benzene rings is 1. The first-order chi connectivity index (χ1) is 9.64. The Morgan fingerprint density at radius 1 is 0.952 bits per heavy atom. The summed E-state index contributed by atoms with van der Waals surface area (Å²) in [5.41, 5.74) is 4.58. The molecular weight excluding hydrogens is 260 g/mol. The van der Waals surface area contributed by atoms with E-state index in [-0.39, 0.29) is 16.9 Å². The predicted octanol–water partition coefficient (Wildman–Crippen LogP) is 4.64. The molecular formula is C19H28O2. The van der Waals surface area contributed by atoms with Crippen molar-refractivity contribution in [3.63, 3.8) is 0 Å². The van der Waals surface area contributed by atoms with Gasteiger partial charge in [-0.1, -0.05) is 39.8 Å². The molecule has 21 heavy (non-hydrogen) atoms. The highest BCUT2D eigenvalue weighted by atomic mass is 16.7. The highest BCUT2D eigenvalue weighted by Gasteiger charge is 2.41. The maximum atomic E-state index is 6.02. The van der Waals surface area contributed by atoms with Gasteiger partial charge in [-0.25, -0.2) is 0 Å². The second-order valence-electron chi connectivity index (χ2n) is 8.21. The molecule has 1 aliphatic heterocycles. The molecule has 1 saturated heterocycles. The van der Waals surface area contributed by atoms with E-state index in [0.29, 0.717) is 6.61 Å². The van der Waals surface area contributed by atoms with Gasteiger partial charge in [-0.15, -0.1) is 0 Å². The second kappa shape index (κ2) is 4.57. The van der Waals surface area contributed by atoms with Crippen LogP contribution >= 0.6 is 0 Å². The molecule has 0 spiro atoms. The highest BCUT2D eigenvalue weighted by molar-refractivity contribution is 5.44. The molecule has 0 amide bonds. The van der Waals surface area contributed by atoms with E-state index in [1.807, 2.05) is 6.92 Å². The van der Waals surface area contributed by atoms with Crippen molar-refractivity contribution in [1.82, 2.24) is 0 Å². The fourth-order valence-electron chi connectivity index (χ4n) is 3.75. The van der Waals surface area contributed by atoms with Gasteiger partial charge in [-0.2, -0.15) is 0 Å². The maximum Gasteiger partial charge on any atom is 0.192 e. The first kappa shape index (κ1) is 15.1. The van der Waals surface area contributed by atoms with Gasteiger partial charge in [0.05, 0.1) is 12.7 Å². The van der Waals surface area contributed by atoms with Crippen LogP contribution < -0.4 is 0 Å². The van der Waals surface area contributed by atoms with Gasteiger partial charge in [-0.05, 0) is 54.7 Å². The van der Waals surface area contributed by atoms with Gasteiger partial charge in [-0.3, -0.25) is 0 Å². The lowest BCUT2D eigenvalue weighted by Crippen LogP contribution is -2.35. The van der Waals surface area contributed by atoms with Gasteiger partial charge in [0.1, 0.15) is 0 Å². The van der Waals surface area contributed by atoms with Gasteiger partial charge < -0.3 is 9.47 Å². The Morgan fingerprint density at radius 2 is 1.57 bits per heavy atom. The van der Waals surface area contributed by atoms with E-state index in [0.717, 1.165) is 5.56 Å². The fraction of sp³-hybridized carbons (Fsp3) is 0.684. The summed E-state index contributed by atoms with van der Waals surface area (Å²) in [6.07, 6.45) is 2.63. The fourth-order valence-corrected chi connectivity index (χ4v) is 3.75. The molecule has 1 aliphatic carbocycles. The van der Waals surface area contributed by atoms with Crippen LogP contribution in [0.4, 0.5) is 0 Å². The quantitative estimate of drug-likeness (QED) is 0.749. The SMILES string of the molecule is C[C@H]1COC(C)(c2ccc3c(c2)C(C)(C)CCC3(C)C)O1. The number of fused-ring (bicyclic) bond motifs is 1. The van der Waals surface area contributed by atoms with Gasteiger partial charge in [0.2, 0.25) is 0 Å². The number of rotatable bonds is 1. The van der Waals surface area contributed by atoms with E-state index < -0.39 is 5.79 Å². The van der Waals surface area contributed by atoms with Crippen molar-refractivity contribution < 1.29 is 9.47 Å². The maximum absolute atomic E-state index is 6.02. The summed E-state index contributed by atoms with van der Waals surface area (Å²) in [7, 11) is 0. The van der Waals surface area contributed by atoms with Crippen molar-refractivity contribution in [2.24, 2.45) is 0 Å². The molecule has 2 atom stereocenters. The average molecular weight is 288 g/mol. The lowest BCUT2D eigenvalue weighted by atomic mass is 9.63. The molecule has 0 aromatic heterocycles. The molecule has 1 aromatic rings. The molecule has 1 aromatic carbocycles. The Hall–Kier alpha value is -0.860. The van der Waals surface area contributed by atoms with Gasteiger partial charge in [0, 0.05) is 5.56 Å². The molecule has 116 valence electrons. The summed E-state index contributed by atoms with van der Waals surface area (Å²) >= 11 is 0. The first-order valence-electron chi connectivity index (χ1n) is 8.11. The van der Waals surface area contributed by atoms with Gasteiger partial charge in [0.15, 0.2) is 5.79 Å². The van der Waals surface area contributed by atoms with E-state index in [1.165, 1.54) is 24.0 Å². The van der Waals surface area contributed by atoms with E-state index in [9.17, 15) is 0 Å². The minimum atomic E-state index is -0.591. The van der Waals surface area contributed by atoms with Crippen LogP contribution in [-0.2, 0) is 26.1 Å². The Bertz CT molecular complexity index is 559. The van der Waals surface area contributed by atoms with Crippen LogP contribution in [0.1, 0.15) is 71.1 Å². The third kappa shape index (κ3) is 2.43. The Labute approximate surface area is 128 Å². The topological polar surface area (TPSA) is 18.5 Å². The lowest BCUT2D eigenvalue weighted by Gasteiger charge is -2.42. The first-order valence-corrected chi connectivity index (χ1v) is 8.11. The minimum Gasteiger partial charge on any atom is -0.343 e. The number of hydrogen-bond acceptors (Lipinski definition) is 2. The Kier molecular flexibility index (Phi) is 3.27. The van der Waals surface area contributed by atoms with Crippen molar-refractivity contribution >= 4 is 0 Å². The van der Waals surface area contributed by atoms with Crippen molar-refractivity contribution in [2.75, 3.05) is 6.61 Å². The van der Waals surface area contributed by atoms with Crippen molar-refractivity contribution in [1.29, 1.82) is 0 Å². The van der Waals surface area contributed by atoms with Crippen LogP contribution in [0, 0.1) is 0 Å². The van der Waals surface area contributed by atoms with Crippen LogP contribution in [0.3, 0.4) is 0 Å². The highest BCUT2D eigenvalue weighted by Crippen LogP contribution is 2.47. The average Bonchev–Trinajstić information content (AvgIpc) is 2.76. The normalized spacial score (nSPS) is 33.7. The molecule has 0 bridgehead atoms. The number of ether oxygens (including phenoxy) is 2. The zero-order valence-electron chi connectivity index (χ0n) is 14.2. The number of hydrogen-bond donors (Lipinski definition) is 0.